The number of aromatic hydroxyl groups is 1. The first-order valence-electron chi connectivity index (χ1n) is 20.5. The van der Waals surface area contributed by atoms with Gasteiger partial charge in [-0.3, -0.25) is 4.98 Å². The predicted octanol–water partition coefficient (Wildman–Crippen LogP) is 15.1. The fraction of sp³-hybridized carbons (Fsp3) is 0.164. The molecule has 9 rings (SSSR count). The lowest BCUT2D eigenvalue weighted by atomic mass is 9.79. The molecule has 0 aliphatic rings. The summed E-state index contributed by atoms with van der Waals surface area (Å²) in [5, 5.41) is 13.1. The quantitative estimate of drug-likeness (QED) is 0.182. The Morgan fingerprint density at radius 1 is 0.450 bits per heavy atom. The highest BCUT2D eigenvalue weighted by molar-refractivity contribution is 6.13. The number of phenolic OH excluding ortho intramolecular Hbond substituents is 1. The number of hydrogen-bond acceptors (Lipinski definition) is 4. The number of para-hydroxylation sites is 3. The monoisotopic (exact) mass is 786 g/mol. The van der Waals surface area contributed by atoms with Gasteiger partial charge in [0.05, 0.1) is 17.1 Å². The lowest BCUT2D eigenvalue weighted by Crippen LogP contribution is -2.16. The number of benzene rings is 6. The molecule has 9 aromatic rings. The van der Waals surface area contributed by atoms with Crippen molar-refractivity contribution in [2.75, 3.05) is 0 Å². The molecule has 6 aromatic carbocycles. The number of phenols is 1. The van der Waals surface area contributed by atoms with Crippen LogP contribution >= 0.6 is 0 Å². The van der Waals surface area contributed by atoms with Crippen LogP contribution in [0.1, 0.15) is 58.4 Å². The first-order valence-corrected chi connectivity index (χ1v) is 20.5. The second kappa shape index (κ2) is 14.8. The van der Waals surface area contributed by atoms with Crippen LogP contribution in [0.2, 0.25) is 0 Å². The summed E-state index contributed by atoms with van der Waals surface area (Å²) in [5.74, 6) is -1.11. The lowest BCUT2D eigenvalue weighted by Gasteiger charge is -2.26. The summed E-state index contributed by atoms with van der Waals surface area (Å²) < 4.78 is 21.6. The molecule has 0 fully saturated rings. The molecule has 60 heavy (non-hydrogen) atoms. The normalized spacial score (nSPS) is 12.1. The first-order chi connectivity index (χ1) is 28.7. The SMILES string of the molecule is Cc1cc(-c2cccc3c2oc2c(-c4ccccc4)cccc23)cc(-c2cccc(-c3cc(-c4cc(C(C)(C)C)cc(C(C)(C)C)c4)cc(-c4cccc(F)c4O)n3)c2)n1. The maximum absolute atomic E-state index is 14.8. The van der Waals surface area contributed by atoms with Crippen LogP contribution in [-0.4, -0.2) is 15.1 Å². The minimum Gasteiger partial charge on any atom is -0.504 e. The summed E-state index contributed by atoms with van der Waals surface area (Å²) in [4.78, 5) is 10.1. The van der Waals surface area contributed by atoms with Gasteiger partial charge in [0.25, 0.3) is 0 Å². The van der Waals surface area contributed by atoms with Crippen molar-refractivity contribution in [1.82, 2.24) is 9.97 Å². The van der Waals surface area contributed by atoms with Gasteiger partial charge in [-0.1, -0.05) is 151 Å². The molecule has 3 aromatic heterocycles. The Kier molecular flexibility index (Phi) is 9.51. The van der Waals surface area contributed by atoms with Crippen molar-refractivity contribution >= 4 is 21.9 Å². The minimum atomic E-state index is -0.690. The zero-order chi connectivity index (χ0) is 41.9. The van der Waals surface area contributed by atoms with Crippen LogP contribution in [0.4, 0.5) is 4.39 Å². The van der Waals surface area contributed by atoms with E-state index < -0.39 is 11.6 Å². The highest BCUT2D eigenvalue weighted by Gasteiger charge is 2.23. The zero-order valence-electron chi connectivity index (χ0n) is 35.1. The first kappa shape index (κ1) is 38.7. The number of hydrogen-bond donors (Lipinski definition) is 1. The third kappa shape index (κ3) is 7.26. The molecule has 0 unspecified atom stereocenters. The summed E-state index contributed by atoms with van der Waals surface area (Å²) in [7, 11) is 0. The molecule has 0 aliphatic heterocycles. The van der Waals surface area contributed by atoms with Gasteiger partial charge in [0.15, 0.2) is 11.6 Å². The van der Waals surface area contributed by atoms with Gasteiger partial charge in [0, 0.05) is 44.3 Å². The van der Waals surface area contributed by atoms with E-state index in [1.165, 1.54) is 17.2 Å². The van der Waals surface area contributed by atoms with Crippen molar-refractivity contribution in [2.45, 2.75) is 59.3 Å². The van der Waals surface area contributed by atoms with Crippen LogP contribution < -0.4 is 0 Å². The third-order valence-electron chi connectivity index (χ3n) is 11.4. The van der Waals surface area contributed by atoms with E-state index in [4.69, 9.17) is 14.4 Å². The zero-order valence-corrected chi connectivity index (χ0v) is 35.1. The number of fused-ring (bicyclic) bond motifs is 3. The van der Waals surface area contributed by atoms with Gasteiger partial charge in [0.2, 0.25) is 0 Å². The molecule has 0 radical (unpaired) electrons. The van der Waals surface area contributed by atoms with Gasteiger partial charge in [-0.2, -0.15) is 0 Å². The van der Waals surface area contributed by atoms with Crippen LogP contribution in [0.5, 0.6) is 5.75 Å². The van der Waals surface area contributed by atoms with Crippen molar-refractivity contribution in [3.63, 3.8) is 0 Å². The molecule has 0 saturated carbocycles. The second-order valence-electron chi connectivity index (χ2n) is 17.9. The van der Waals surface area contributed by atoms with E-state index in [0.717, 1.165) is 77.8 Å². The molecule has 5 heteroatoms. The fourth-order valence-electron chi connectivity index (χ4n) is 8.07. The molecule has 0 atom stereocenters. The Hall–Kier alpha value is -6.85. The number of aromatic nitrogens is 2. The Morgan fingerprint density at radius 3 is 1.58 bits per heavy atom. The van der Waals surface area contributed by atoms with Crippen molar-refractivity contribution in [3.8, 4) is 72.9 Å². The minimum absolute atomic E-state index is 0.0927. The topological polar surface area (TPSA) is 59.2 Å². The average molecular weight is 787 g/mol. The number of pyridine rings is 2. The summed E-state index contributed by atoms with van der Waals surface area (Å²) in [6.45, 7) is 15.4. The number of furan rings is 1. The second-order valence-corrected chi connectivity index (χ2v) is 17.9. The summed E-state index contributed by atoms with van der Waals surface area (Å²) in [6.07, 6.45) is 0. The average Bonchev–Trinajstić information content (AvgIpc) is 3.63. The van der Waals surface area contributed by atoms with Crippen LogP contribution in [-0.2, 0) is 10.8 Å². The number of nitrogens with zero attached hydrogens (tertiary/aromatic N) is 2. The molecule has 0 aliphatic carbocycles. The predicted molar refractivity (Wildman–Crippen MR) is 246 cm³/mol. The van der Waals surface area contributed by atoms with E-state index >= 15 is 0 Å². The highest BCUT2D eigenvalue weighted by atomic mass is 19.1. The Balaban J connectivity index is 1.18. The molecule has 0 saturated heterocycles. The molecular weight excluding hydrogens is 740 g/mol. The Labute approximate surface area is 351 Å². The van der Waals surface area contributed by atoms with Gasteiger partial charge in [-0.25, -0.2) is 9.37 Å². The van der Waals surface area contributed by atoms with Crippen LogP contribution in [0.15, 0.2) is 156 Å². The van der Waals surface area contributed by atoms with Crippen LogP contribution in [0.25, 0.3) is 89.1 Å². The summed E-state index contributed by atoms with van der Waals surface area (Å²) >= 11 is 0. The molecule has 0 amide bonds. The van der Waals surface area contributed by atoms with E-state index in [9.17, 15) is 9.50 Å². The maximum Gasteiger partial charge on any atom is 0.165 e. The van der Waals surface area contributed by atoms with E-state index in [-0.39, 0.29) is 10.8 Å². The van der Waals surface area contributed by atoms with Crippen molar-refractivity contribution in [2.24, 2.45) is 0 Å². The van der Waals surface area contributed by atoms with Gasteiger partial charge < -0.3 is 9.52 Å². The van der Waals surface area contributed by atoms with Crippen molar-refractivity contribution < 1.29 is 13.9 Å². The summed E-state index contributed by atoms with van der Waals surface area (Å²) in [6, 6.07) is 50.8. The number of halogens is 1. The largest absolute Gasteiger partial charge is 0.504 e. The standard InChI is InChI=1S/C55H47FN2O2/c1-33-25-39(43-20-13-22-45-44-21-12-19-42(52(44)60-53(43)45)34-15-9-8-10-16-34)31-48(57-33)35-17-11-18-36(26-35)49-29-38(30-50(58-49)46-23-14-24-47(56)51(46)59)37-27-40(54(2,3)4)32-41(28-37)55(5,6)7/h8-32,59H,1-7H3. The van der Waals surface area contributed by atoms with Crippen LogP contribution in [0, 0.1) is 12.7 Å². The Morgan fingerprint density at radius 2 is 0.950 bits per heavy atom. The molecule has 0 bridgehead atoms. The lowest BCUT2D eigenvalue weighted by molar-refractivity contribution is 0.434. The van der Waals surface area contributed by atoms with Gasteiger partial charge >= 0.3 is 0 Å². The van der Waals surface area contributed by atoms with Gasteiger partial charge in [0.1, 0.15) is 11.2 Å². The molecule has 1 N–H and O–H groups in total. The summed E-state index contributed by atoms with van der Waals surface area (Å²) in [5.41, 5.74) is 15.1. The maximum atomic E-state index is 14.8. The molecule has 0 spiro atoms. The molecule has 3 heterocycles. The third-order valence-corrected chi connectivity index (χ3v) is 11.4. The van der Waals surface area contributed by atoms with E-state index in [1.807, 2.05) is 43.3 Å². The number of aryl methyl sites for hydroxylation is 1. The molecule has 4 nitrogen and oxygen atoms in total. The van der Waals surface area contributed by atoms with E-state index in [2.05, 4.69) is 139 Å². The van der Waals surface area contributed by atoms with Gasteiger partial charge in [-0.15, -0.1) is 0 Å². The Bertz CT molecular complexity index is 3060. The fourth-order valence-corrected chi connectivity index (χ4v) is 8.07. The van der Waals surface area contributed by atoms with E-state index in [0.29, 0.717) is 17.0 Å². The highest BCUT2D eigenvalue weighted by Crippen LogP contribution is 2.42. The van der Waals surface area contributed by atoms with Crippen molar-refractivity contribution in [1.29, 1.82) is 0 Å². The van der Waals surface area contributed by atoms with E-state index in [1.54, 1.807) is 12.1 Å². The van der Waals surface area contributed by atoms with Crippen LogP contribution in [0.3, 0.4) is 0 Å². The van der Waals surface area contributed by atoms with Crippen molar-refractivity contribution in [3.05, 3.63) is 174 Å². The molecular formula is C55H47FN2O2. The number of rotatable bonds is 6. The smallest absolute Gasteiger partial charge is 0.165 e. The van der Waals surface area contributed by atoms with Gasteiger partial charge in [-0.05, 0) is 93.6 Å². The molecule has 296 valence electrons.